The second-order valence-electron chi connectivity index (χ2n) is 6.90. The average Bonchev–Trinajstić information content (AvgIpc) is 3.38. The highest BCUT2D eigenvalue weighted by molar-refractivity contribution is 5.94. The molecule has 1 saturated heterocycles. The standard InChI is InChI=1S/C20H19N7O2/c28-19(15-6-8-16(9-7-15)27-14-21-23-24-27)25-10-3-11-26(13-12-25)20-22-17-4-1-2-5-18(17)29-20/h1-2,4-9,14H,3,10-13H2. The molecule has 2 aromatic heterocycles. The summed E-state index contributed by atoms with van der Waals surface area (Å²) in [7, 11) is 0. The van der Waals surface area contributed by atoms with Crippen molar-refractivity contribution in [3.63, 3.8) is 0 Å². The Morgan fingerprint density at radius 3 is 2.62 bits per heavy atom. The summed E-state index contributed by atoms with van der Waals surface area (Å²) in [6.45, 7) is 2.80. The molecule has 1 aliphatic rings. The lowest BCUT2D eigenvalue weighted by Crippen LogP contribution is -2.35. The van der Waals surface area contributed by atoms with Gasteiger partial charge in [0.05, 0.1) is 5.69 Å². The number of anilines is 1. The Labute approximate surface area is 166 Å². The molecule has 9 heteroatoms. The molecule has 4 aromatic rings. The van der Waals surface area contributed by atoms with Crippen LogP contribution in [0.4, 0.5) is 6.01 Å². The van der Waals surface area contributed by atoms with Gasteiger partial charge in [0.25, 0.3) is 11.9 Å². The van der Waals surface area contributed by atoms with Crippen molar-refractivity contribution < 1.29 is 9.21 Å². The van der Waals surface area contributed by atoms with Crippen molar-refractivity contribution in [2.24, 2.45) is 0 Å². The summed E-state index contributed by atoms with van der Waals surface area (Å²) < 4.78 is 7.44. The summed E-state index contributed by atoms with van der Waals surface area (Å²) in [5, 5.41) is 11.1. The number of carbonyl (C=O) groups is 1. The smallest absolute Gasteiger partial charge is 0.298 e. The van der Waals surface area contributed by atoms with Gasteiger partial charge in [-0.25, -0.2) is 4.68 Å². The zero-order chi connectivity index (χ0) is 19.6. The average molecular weight is 389 g/mol. The van der Waals surface area contributed by atoms with E-state index in [4.69, 9.17) is 4.42 Å². The van der Waals surface area contributed by atoms with E-state index in [0.29, 0.717) is 31.2 Å². The van der Waals surface area contributed by atoms with E-state index in [2.05, 4.69) is 25.4 Å². The molecular formula is C20H19N7O2. The van der Waals surface area contributed by atoms with E-state index in [1.165, 1.54) is 6.33 Å². The number of para-hydroxylation sites is 2. The predicted molar refractivity (Wildman–Crippen MR) is 106 cm³/mol. The number of fused-ring (bicyclic) bond motifs is 1. The van der Waals surface area contributed by atoms with Crippen LogP contribution in [0, 0.1) is 0 Å². The van der Waals surface area contributed by atoms with Crippen LogP contribution < -0.4 is 4.90 Å². The molecule has 0 aliphatic carbocycles. The third kappa shape index (κ3) is 3.42. The maximum absolute atomic E-state index is 13.0. The van der Waals surface area contributed by atoms with Crippen LogP contribution in [-0.2, 0) is 0 Å². The van der Waals surface area contributed by atoms with Gasteiger partial charge in [-0.05, 0) is 53.2 Å². The quantitative estimate of drug-likeness (QED) is 0.530. The summed E-state index contributed by atoms with van der Waals surface area (Å²) in [6, 6.07) is 15.6. The normalized spacial score (nSPS) is 14.9. The number of tetrazole rings is 1. The van der Waals surface area contributed by atoms with Crippen LogP contribution in [0.1, 0.15) is 16.8 Å². The van der Waals surface area contributed by atoms with Crippen molar-refractivity contribution in [1.82, 2.24) is 30.1 Å². The van der Waals surface area contributed by atoms with E-state index < -0.39 is 0 Å². The molecule has 3 heterocycles. The largest absolute Gasteiger partial charge is 0.423 e. The number of benzene rings is 2. The van der Waals surface area contributed by atoms with Crippen molar-refractivity contribution in [1.29, 1.82) is 0 Å². The van der Waals surface area contributed by atoms with Crippen molar-refractivity contribution >= 4 is 23.0 Å². The summed E-state index contributed by atoms with van der Waals surface area (Å²) in [4.78, 5) is 21.5. The Morgan fingerprint density at radius 2 is 1.83 bits per heavy atom. The van der Waals surface area contributed by atoms with E-state index in [1.807, 2.05) is 53.4 Å². The first kappa shape index (κ1) is 17.4. The fourth-order valence-corrected chi connectivity index (χ4v) is 3.53. The van der Waals surface area contributed by atoms with Gasteiger partial charge in [0.15, 0.2) is 5.58 Å². The monoisotopic (exact) mass is 389 g/mol. The molecule has 0 saturated carbocycles. The fraction of sp³-hybridized carbons (Fsp3) is 0.250. The molecule has 146 valence electrons. The lowest BCUT2D eigenvalue weighted by Gasteiger charge is -2.21. The molecular weight excluding hydrogens is 370 g/mol. The first-order valence-electron chi connectivity index (χ1n) is 9.51. The Hall–Kier alpha value is -3.75. The van der Waals surface area contributed by atoms with Crippen LogP contribution in [0.3, 0.4) is 0 Å². The van der Waals surface area contributed by atoms with Crippen LogP contribution in [0.2, 0.25) is 0 Å². The summed E-state index contributed by atoms with van der Waals surface area (Å²) in [6.07, 6.45) is 2.37. The zero-order valence-corrected chi connectivity index (χ0v) is 15.7. The van der Waals surface area contributed by atoms with Gasteiger partial charge in [0, 0.05) is 31.7 Å². The second-order valence-corrected chi connectivity index (χ2v) is 6.90. The molecule has 1 fully saturated rings. The van der Waals surface area contributed by atoms with E-state index in [0.717, 1.165) is 29.8 Å². The minimum Gasteiger partial charge on any atom is -0.423 e. The van der Waals surface area contributed by atoms with Crippen LogP contribution in [0.25, 0.3) is 16.8 Å². The predicted octanol–water partition coefficient (Wildman–Crippen LogP) is 2.16. The number of hydrogen-bond donors (Lipinski definition) is 0. The van der Waals surface area contributed by atoms with Gasteiger partial charge >= 0.3 is 0 Å². The summed E-state index contributed by atoms with van der Waals surface area (Å²) in [5.74, 6) is 0.0210. The third-order valence-corrected chi connectivity index (χ3v) is 5.06. The Morgan fingerprint density at radius 1 is 0.966 bits per heavy atom. The zero-order valence-electron chi connectivity index (χ0n) is 15.7. The van der Waals surface area contributed by atoms with Gasteiger partial charge in [0.2, 0.25) is 0 Å². The van der Waals surface area contributed by atoms with Crippen LogP contribution in [-0.4, -0.2) is 62.2 Å². The lowest BCUT2D eigenvalue weighted by molar-refractivity contribution is 0.0767. The van der Waals surface area contributed by atoms with E-state index in [1.54, 1.807) is 4.68 Å². The van der Waals surface area contributed by atoms with Gasteiger partial charge in [-0.1, -0.05) is 12.1 Å². The number of oxazole rings is 1. The summed E-state index contributed by atoms with van der Waals surface area (Å²) in [5.41, 5.74) is 3.09. The van der Waals surface area contributed by atoms with Crippen molar-refractivity contribution in [3.05, 3.63) is 60.4 Å². The number of amides is 1. The highest BCUT2D eigenvalue weighted by Gasteiger charge is 2.23. The van der Waals surface area contributed by atoms with Crippen LogP contribution in [0.5, 0.6) is 0 Å². The minimum absolute atomic E-state index is 0.0210. The molecule has 5 rings (SSSR count). The minimum atomic E-state index is 0.0210. The van der Waals surface area contributed by atoms with Crippen molar-refractivity contribution in [2.75, 3.05) is 31.1 Å². The molecule has 0 spiro atoms. The number of rotatable bonds is 3. The van der Waals surface area contributed by atoms with Gasteiger partial charge in [-0.3, -0.25) is 4.79 Å². The van der Waals surface area contributed by atoms with Gasteiger partial charge in [-0.15, -0.1) is 5.10 Å². The van der Waals surface area contributed by atoms with E-state index >= 15 is 0 Å². The molecule has 1 amide bonds. The maximum atomic E-state index is 13.0. The molecule has 2 aromatic carbocycles. The Bertz CT molecular complexity index is 1090. The Balaban J connectivity index is 1.28. The maximum Gasteiger partial charge on any atom is 0.298 e. The highest BCUT2D eigenvalue weighted by Crippen LogP contribution is 2.23. The molecule has 9 nitrogen and oxygen atoms in total. The Kier molecular flexibility index (Phi) is 4.39. The van der Waals surface area contributed by atoms with E-state index in [9.17, 15) is 4.79 Å². The molecule has 0 bridgehead atoms. The van der Waals surface area contributed by atoms with Crippen LogP contribution >= 0.6 is 0 Å². The van der Waals surface area contributed by atoms with E-state index in [-0.39, 0.29) is 5.91 Å². The first-order chi connectivity index (χ1) is 14.3. The lowest BCUT2D eigenvalue weighted by atomic mass is 10.1. The molecule has 0 radical (unpaired) electrons. The molecule has 0 atom stereocenters. The van der Waals surface area contributed by atoms with Gasteiger partial charge < -0.3 is 14.2 Å². The molecule has 1 aliphatic heterocycles. The number of hydrogen-bond acceptors (Lipinski definition) is 7. The number of carbonyl (C=O) groups excluding carboxylic acids is 1. The van der Waals surface area contributed by atoms with Gasteiger partial charge in [0.1, 0.15) is 11.8 Å². The summed E-state index contributed by atoms with van der Waals surface area (Å²) >= 11 is 0. The second kappa shape index (κ2) is 7.34. The van der Waals surface area contributed by atoms with Crippen molar-refractivity contribution in [2.45, 2.75) is 6.42 Å². The highest BCUT2D eigenvalue weighted by atomic mass is 16.4. The number of aromatic nitrogens is 5. The SMILES string of the molecule is O=C(c1ccc(-n2cnnn2)cc1)N1CCCN(c2nc3ccccc3o2)CC1. The van der Waals surface area contributed by atoms with Gasteiger partial charge in [-0.2, -0.15) is 4.98 Å². The van der Waals surface area contributed by atoms with Crippen molar-refractivity contribution in [3.8, 4) is 5.69 Å². The number of nitrogens with zero attached hydrogens (tertiary/aromatic N) is 7. The molecule has 0 N–H and O–H groups in total. The molecule has 29 heavy (non-hydrogen) atoms. The molecule has 0 unspecified atom stereocenters. The topological polar surface area (TPSA) is 93.2 Å². The third-order valence-electron chi connectivity index (χ3n) is 5.06. The fourth-order valence-electron chi connectivity index (χ4n) is 3.53. The first-order valence-corrected chi connectivity index (χ1v) is 9.51. The van der Waals surface area contributed by atoms with Crippen LogP contribution in [0.15, 0.2) is 59.3 Å².